The van der Waals surface area contributed by atoms with Crippen LogP contribution in [0.3, 0.4) is 0 Å². The molecule has 3 heterocycles. The Balaban J connectivity index is 1.79. The van der Waals surface area contributed by atoms with Crippen LogP contribution in [0.25, 0.3) is 0 Å². The molecule has 1 aliphatic heterocycles. The molecule has 1 fully saturated rings. The van der Waals surface area contributed by atoms with Gasteiger partial charge in [0, 0.05) is 37.9 Å². The number of hydrogen-bond donors (Lipinski definition) is 2. The van der Waals surface area contributed by atoms with Gasteiger partial charge < -0.3 is 10.3 Å². The number of nitrogens with one attached hydrogen (secondary N) is 2. The van der Waals surface area contributed by atoms with E-state index in [0.29, 0.717) is 6.04 Å². The van der Waals surface area contributed by atoms with Gasteiger partial charge in [0.2, 0.25) is 0 Å². The zero-order valence-corrected chi connectivity index (χ0v) is 13.7. The van der Waals surface area contributed by atoms with Crippen LogP contribution in [-0.2, 0) is 13.0 Å². The molecular weight excluding hydrogens is 274 g/mol. The third kappa shape index (κ3) is 2.99. The number of likely N-dealkylation sites (tertiary alicyclic amines) is 1. The molecule has 1 aliphatic rings. The lowest BCUT2D eigenvalue weighted by Crippen LogP contribution is -2.23. The first-order valence-corrected chi connectivity index (χ1v) is 8.13. The van der Waals surface area contributed by atoms with Crippen LogP contribution in [-0.4, -0.2) is 33.4 Å². The van der Waals surface area contributed by atoms with Crippen LogP contribution in [0.2, 0.25) is 0 Å². The van der Waals surface area contributed by atoms with Gasteiger partial charge in [0.25, 0.3) is 0 Å². The summed E-state index contributed by atoms with van der Waals surface area (Å²) in [6.07, 6.45) is 5.30. The smallest absolute Gasteiger partial charge is 0.125 e. The Hall–Kier alpha value is -1.88. The minimum atomic E-state index is 0.469. The summed E-state index contributed by atoms with van der Waals surface area (Å²) in [7, 11) is 1.91. The standard InChI is InChI=1S/C17H25N5/c1-4-16-20-12(2)14(21-16)11-22-9-5-6-15(22)13-7-8-19-17(10-13)18-3/h7-8,10,15H,4-6,9,11H2,1-3H3,(H,18,19)(H,20,21)/t15-/m1/s1. The van der Waals surface area contributed by atoms with E-state index in [1.807, 2.05) is 13.2 Å². The van der Waals surface area contributed by atoms with Crippen LogP contribution in [0.1, 0.15) is 48.6 Å². The average molecular weight is 299 g/mol. The molecule has 1 atom stereocenters. The molecule has 3 rings (SSSR count). The minimum absolute atomic E-state index is 0.469. The summed E-state index contributed by atoms with van der Waals surface area (Å²) < 4.78 is 0. The van der Waals surface area contributed by atoms with Crippen molar-refractivity contribution in [1.82, 2.24) is 19.9 Å². The van der Waals surface area contributed by atoms with Gasteiger partial charge in [-0.3, -0.25) is 4.90 Å². The highest BCUT2D eigenvalue weighted by molar-refractivity contribution is 5.38. The molecule has 0 amide bonds. The lowest BCUT2D eigenvalue weighted by Gasteiger charge is -2.24. The van der Waals surface area contributed by atoms with Gasteiger partial charge in [-0.1, -0.05) is 6.92 Å². The molecule has 0 saturated carbocycles. The zero-order valence-electron chi connectivity index (χ0n) is 13.7. The normalized spacial score (nSPS) is 18.8. The summed E-state index contributed by atoms with van der Waals surface area (Å²) in [6.45, 7) is 6.31. The first-order chi connectivity index (χ1) is 10.7. The molecule has 0 spiro atoms. The number of nitrogens with zero attached hydrogens (tertiary/aromatic N) is 3. The molecule has 2 aromatic rings. The Labute approximate surface area is 132 Å². The maximum Gasteiger partial charge on any atom is 0.125 e. The maximum atomic E-state index is 4.73. The highest BCUT2D eigenvalue weighted by atomic mass is 15.2. The fourth-order valence-electron chi connectivity index (χ4n) is 3.26. The number of aryl methyl sites for hydroxylation is 2. The van der Waals surface area contributed by atoms with Crippen molar-refractivity contribution in [1.29, 1.82) is 0 Å². The summed E-state index contributed by atoms with van der Waals surface area (Å²) >= 11 is 0. The van der Waals surface area contributed by atoms with Crippen LogP contribution in [0.4, 0.5) is 5.82 Å². The first-order valence-electron chi connectivity index (χ1n) is 8.13. The van der Waals surface area contributed by atoms with E-state index in [9.17, 15) is 0 Å². The molecule has 0 unspecified atom stereocenters. The fourth-order valence-corrected chi connectivity index (χ4v) is 3.26. The van der Waals surface area contributed by atoms with Crippen LogP contribution in [0.5, 0.6) is 0 Å². The van der Waals surface area contributed by atoms with E-state index in [1.165, 1.54) is 29.8 Å². The Morgan fingerprint density at radius 3 is 3.05 bits per heavy atom. The Kier molecular flexibility index (Phi) is 4.43. The van der Waals surface area contributed by atoms with Gasteiger partial charge in [0.05, 0.1) is 5.69 Å². The SMILES string of the molecule is CCc1nc(CN2CCC[C@@H]2c2ccnc(NC)c2)c(C)[nH]1. The largest absolute Gasteiger partial charge is 0.373 e. The van der Waals surface area contributed by atoms with Gasteiger partial charge in [-0.15, -0.1) is 0 Å². The number of pyridine rings is 1. The molecule has 5 nitrogen and oxygen atoms in total. The van der Waals surface area contributed by atoms with Gasteiger partial charge in [-0.2, -0.15) is 0 Å². The van der Waals surface area contributed by atoms with Crippen molar-refractivity contribution in [2.24, 2.45) is 0 Å². The van der Waals surface area contributed by atoms with Gasteiger partial charge in [-0.05, 0) is 44.0 Å². The van der Waals surface area contributed by atoms with Crippen LogP contribution in [0, 0.1) is 6.92 Å². The Morgan fingerprint density at radius 1 is 1.45 bits per heavy atom. The second kappa shape index (κ2) is 6.48. The molecule has 0 aromatic carbocycles. The highest BCUT2D eigenvalue weighted by Crippen LogP contribution is 2.33. The molecule has 0 aliphatic carbocycles. The van der Waals surface area contributed by atoms with E-state index in [2.05, 4.69) is 46.2 Å². The van der Waals surface area contributed by atoms with Crippen molar-refractivity contribution in [3.63, 3.8) is 0 Å². The van der Waals surface area contributed by atoms with Crippen molar-refractivity contribution in [3.05, 3.63) is 41.1 Å². The van der Waals surface area contributed by atoms with Crippen LogP contribution >= 0.6 is 0 Å². The Bertz CT molecular complexity index is 634. The summed E-state index contributed by atoms with van der Waals surface area (Å²) in [5, 5.41) is 3.13. The number of imidazole rings is 1. The number of rotatable bonds is 5. The van der Waals surface area contributed by atoms with Crippen molar-refractivity contribution < 1.29 is 0 Å². The molecule has 2 N–H and O–H groups in total. The van der Waals surface area contributed by atoms with E-state index in [4.69, 9.17) is 4.98 Å². The fraction of sp³-hybridized carbons (Fsp3) is 0.529. The third-order valence-corrected chi connectivity index (χ3v) is 4.51. The van der Waals surface area contributed by atoms with Gasteiger partial charge in [0.15, 0.2) is 0 Å². The van der Waals surface area contributed by atoms with Gasteiger partial charge >= 0.3 is 0 Å². The van der Waals surface area contributed by atoms with Crippen molar-refractivity contribution >= 4 is 5.82 Å². The number of aromatic nitrogens is 3. The zero-order chi connectivity index (χ0) is 15.5. The van der Waals surface area contributed by atoms with E-state index in [0.717, 1.165) is 31.2 Å². The van der Waals surface area contributed by atoms with Crippen molar-refractivity contribution in [2.75, 3.05) is 18.9 Å². The van der Waals surface area contributed by atoms with Gasteiger partial charge in [0.1, 0.15) is 11.6 Å². The number of hydrogen-bond acceptors (Lipinski definition) is 4. The average Bonchev–Trinajstić information content (AvgIpc) is 3.15. The number of aromatic amines is 1. The maximum absolute atomic E-state index is 4.73. The molecule has 5 heteroatoms. The molecule has 0 bridgehead atoms. The van der Waals surface area contributed by atoms with E-state index >= 15 is 0 Å². The monoisotopic (exact) mass is 299 g/mol. The van der Waals surface area contributed by atoms with Crippen LogP contribution < -0.4 is 5.32 Å². The van der Waals surface area contributed by atoms with E-state index in [-0.39, 0.29) is 0 Å². The molecule has 0 radical (unpaired) electrons. The highest BCUT2D eigenvalue weighted by Gasteiger charge is 2.27. The lowest BCUT2D eigenvalue weighted by atomic mass is 10.1. The third-order valence-electron chi connectivity index (χ3n) is 4.51. The lowest BCUT2D eigenvalue weighted by molar-refractivity contribution is 0.245. The molecule has 2 aromatic heterocycles. The summed E-state index contributed by atoms with van der Waals surface area (Å²) in [6, 6.07) is 4.77. The second-order valence-electron chi connectivity index (χ2n) is 5.96. The topological polar surface area (TPSA) is 56.8 Å². The van der Waals surface area contributed by atoms with Crippen LogP contribution in [0.15, 0.2) is 18.3 Å². The van der Waals surface area contributed by atoms with E-state index < -0.39 is 0 Å². The predicted molar refractivity (Wildman–Crippen MR) is 88.9 cm³/mol. The van der Waals surface area contributed by atoms with Crippen molar-refractivity contribution in [3.8, 4) is 0 Å². The second-order valence-corrected chi connectivity index (χ2v) is 5.96. The molecule has 22 heavy (non-hydrogen) atoms. The van der Waals surface area contributed by atoms with E-state index in [1.54, 1.807) is 0 Å². The van der Waals surface area contributed by atoms with Gasteiger partial charge in [-0.25, -0.2) is 9.97 Å². The number of anilines is 1. The predicted octanol–water partition coefficient (Wildman–Crippen LogP) is 3.05. The molecule has 118 valence electrons. The Morgan fingerprint density at radius 2 is 2.32 bits per heavy atom. The molecular formula is C17H25N5. The summed E-state index contributed by atoms with van der Waals surface area (Å²) in [5.74, 6) is 2.03. The molecule has 1 saturated heterocycles. The first kappa shape index (κ1) is 15.0. The van der Waals surface area contributed by atoms with Crippen molar-refractivity contribution in [2.45, 2.75) is 45.7 Å². The minimum Gasteiger partial charge on any atom is -0.373 e. The number of H-pyrrole nitrogens is 1. The summed E-state index contributed by atoms with van der Waals surface area (Å²) in [4.78, 5) is 15.0. The quantitative estimate of drug-likeness (QED) is 0.891. The summed E-state index contributed by atoms with van der Waals surface area (Å²) in [5.41, 5.74) is 3.74.